The molecule has 2 rings (SSSR count). The van der Waals surface area contributed by atoms with E-state index < -0.39 is 5.54 Å². The van der Waals surface area contributed by atoms with Crippen molar-refractivity contribution < 1.29 is 0 Å². The number of H-pyrrole nitrogens is 1. The minimum Gasteiger partial charge on any atom is -0.347 e. The molecule has 0 bridgehead atoms. The zero-order chi connectivity index (χ0) is 10.0. The normalized spacial score (nSPS) is 15.0. The summed E-state index contributed by atoms with van der Waals surface area (Å²) in [5.74, 6) is 0.781. The fourth-order valence-electron chi connectivity index (χ4n) is 1.47. The predicted octanol–water partition coefficient (Wildman–Crippen LogP) is 1.63. The van der Waals surface area contributed by atoms with Gasteiger partial charge in [0.15, 0.2) is 0 Å². The molecule has 3 N–H and O–H groups in total. The maximum atomic E-state index is 6.21. The number of nitrogens with zero attached hydrogens (tertiary/aromatic N) is 1. The highest BCUT2D eigenvalue weighted by Gasteiger charge is 2.25. The Morgan fingerprint density at radius 3 is 2.57 bits per heavy atom. The van der Waals surface area contributed by atoms with E-state index in [9.17, 15) is 0 Å². The summed E-state index contributed by atoms with van der Waals surface area (Å²) in [6.45, 7) is 1.95. The molecule has 0 saturated heterocycles. The molecule has 0 aliphatic heterocycles. The molecule has 0 amide bonds. The second kappa shape index (κ2) is 3.27. The molecule has 72 valence electrons. The van der Waals surface area contributed by atoms with Crippen molar-refractivity contribution in [2.24, 2.45) is 5.73 Å². The Kier molecular flexibility index (Phi) is 2.09. The Morgan fingerprint density at radius 1 is 1.29 bits per heavy atom. The molecule has 3 heteroatoms. The number of rotatable bonds is 2. The van der Waals surface area contributed by atoms with Crippen LogP contribution in [-0.4, -0.2) is 9.97 Å². The van der Waals surface area contributed by atoms with Gasteiger partial charge in [0.2, 0.25) is 0 Å². The van der Waals surface area contributed by atoms with E-state index in [1.54, 1.807) is 12.4 Å². The van der Waals surface area contributed by atoms with Gasteiger partial charge < -0.3 is 10.7 Å². The summed E-state index contributed by atoms with van der Waals surface area (Å²) in [6.07, 6.45) is 3.49. The van der Waals surface area contributed by atoms with Crippen molar-refractivity contribution in [2.75, 3.05) is 0 Å². The molecule has 1 aromatic carbocycles. The highest BCUT2D eigenvalue weighted by atomic mass is 15.0. The third-order valence-corrected chi connectivity index (χ3v) is 2.36. The molecule has 1 aromatic heterocycles. The lowest BCUT2D eigenvalue weighted by Gasteiger charge is -2.22. The first kappa shape index (κ1) is 8.97. The van der Waals surface area contributed by atoms with Gasteiger partial charge in [-0.3, -0.25) is 0 Å². The third kappa shape index (κ3) is 1.42. The molecule has 3 nitrogen and oxygen atoms in total. The van der Waals surface area contributed by atoms with Crippen LogP contribution in [0, 0.1) is 0 Å². The van der Waals surface area contributed by atoms with Crippen molar-refractivity contribution in [3.63, 3.8) is 0 Å². The smallest absolute Gasteiger partial charge is 0.130 e. The fourth-order valence-corrected chi connectivity index (χ4v) is 1.47. The van der Waals surface area contributed by atoms with Crippen LogP contribution in [-0.2, 0) is 5.54 Å². The van der Waals surface area contributed by atoms with Gasteiger partial charge in [-0.05, 0) is 12.5 Å². The van der Waals surface area contributed by atoms with Crippen LogP contribution in [0.5, 0.6) is 0 Å². The Labute approximate surface area is 83.0 Å². The van der Waals surface area contributed by atoms with E-state index in [4.69, 9.17) is 5.73 Å². The average Bonchev–Trinajstić information content (AvgIpc) is 2.72. The lowest BCUT2D eigenvalue weighted by atomic mass is 9.93. The second-order valence-corrected chi connectivity index (χ2v) is 3.51. The number of aromatic nitrogens is 2. The molecule has 0 aliphatic carbocycles. The third-order valence-electron chi connectivity index (χ3n) is 2.36. The molecule has 0 radical (unpaired) electrons. The first-order valence-electron chi connectivity index (χ1n) is 4.55. The topological polar surface area (TPSA) is 54.7 Å². The molecule has 2 aromatic rings. The van der Waals surface area contributed by atoms with Gasteiger partial charge in [0.1, 0.15) is 5.82 Å². The first-order valence-corrected chi connectivity index (χ1v) is 4.55. The molecule has 0 spiro atoms. The van der Waals surface area contributed by atoms with Gasteiger partial charge in [-0.25, -0.2) is 4.98 Å². The summed E-state index contributed by atoms with van der Waals surface area (Å²) in [7, 11) is 0. The van der Waals surface area contributed by atoms with E-state index >= 15 is 0 Å². The van der Waals surface area contributed by atoms with Crippen LogP contribution in [0.3, 0.4) is 0 Å². The predicted molar refractivity (Wildman–Crippen MR) is 55.7 cm³/mol. The van der Waals surface area contributed by atoms with E-state index in [1.165, 1.54) is 0 Å². The number of nitrogens with one attached hydrogen (secondary N) is 1. The summed E-state index contributed by atoms with van der Waals surface area (Å²) in [6, 6.07) is 9.93. The standard InChI is InChI=1S/C11H13N3/c1-11(12,10-13-7-8-14-10)9-5-3-2-4-6-9/h2-8H,12H2,1H3,(H,13,14). The number of hydrogen-bond donors (Lipinski definition) is 2. The maximum Gasteiger partial charge on any atom is 0.130 e. The summed E-state index contributed by atoms with van der Waals surface area (Å²) in [5, 5.41) is 0. The number of benzene rings is 1. The van der Waals surface area contributed by atoms with E-state index in [2.05, 4.69) is 9.97 Å². The van der Waals surface area contributed by atoms with E-state index in [0.717, 1.165) is 11.4 Å². The van der Waals surface area contributed by atoms with Gasteiger partial charge in [-0.15, -0.1) is 0 Å². The molecule has 0 fully saturated rings. The van der Waals surface area contributed by atoms with Crippen LogP contribution < -0.4 is 5.73 Å². The Hall–Kier alpha value is -1.61. The van der Waals surface area contributed by atoms with Gasteiger partial charge in [-0.1, -0.05) is 30.3 Å². The van der Waals surface area contributed by atoms with Crippen molar-refractivity contribution in [2.45, 2.75) is 12.5 Å². The summed E-state index contributed by atoms with van der Waals surface area (Å²) < 4.78 is 0. The largest absolute Gasteiger partial charge is 0.347 e. The monoisotopic (exact) mass is 187 g/mol. The van der Waals surface area contributed by atoms with Crippen molar-refractivity contribution >= 4 is 0 Å². The minimum absolute atomic E-state index is 0.551. The van der Waals surface area contributed by atoms with Crippen LogP contribution in [0.2, 0.25) is 0 Å². The van der Waals surface area contributed by atoms with E-state index in [0.29, 0.717) is 0 Å². The van der Waals surface area contributed by atoms with Gasteiger partial charge in [0, 0.05) is 12.4 Å². The van der Waals surface area contributed by atoms with Crippen molar-refractivity contribution in [1.29, 1.82) is 0 Å². The molecule has 0 saturated carbocycles. The van der Waals surface area contributed by atoms with Gasteiger partial charge >= 0.3 is 0 Å². The van der Waals surface area contributed by atoms with Gasteiger partial charge in [0.25, 0.3) is 0 Å². The molecule has 1 atom stereocenters. The molecular weight excluding hydrogens is 174 g/mol. The van der Waals surface area contributed by atoms with Gasteiger partial charge in [-0.2, -0.15) is 0 Å². The molecule has 1 unspecified atom stereocenters. The Balaban J connectivity index is 2.43. The summed E-state index contributed by atoms with van der Waals surface area (Å²) in [5.41, 5.74) is 6.71. The zero-order valence-electron chi connectivity index (χ0n) is 8.07. The maximum absolute atomic E-state index is 6.21. The highest BCUT2D eigenvalue weighted by molar-refractivity contribution is 5.29. The molecule has 0 aliphatic rings. The van der Waals surface area contributed by atoms with Crippen molar-refractivity contribution in [3.8, 4) is 0 Å². The molecule has 1 heterocycles. The lowest BCUT2D eigenvalue weighted by molar-refractivity contribution is 0.565. The van der Waals surface area contributed by atoms with Crippen molar-refractivity contribution in [3.05, 3.63) is 54.1 Å². The van der Waals surface area contributed by atoms with Crippen LogP contribution in [0.15, 0.2) is 42.7 Å². The van der Waals surface area contributed by atoms with Crippen molar-refractivity contribution in [1.82, 2.24) is 9.97 Å². The number of nitrogens with two attached hydrogens (primary N) is 1. The van der Waals surface area contributed by atoms with E-state index in [1.807, 2.05) is 37.3 Å². The number of imidazole rings is 1. The zero-order valence-corrected chi connectivity index (χ0v) is 8.07. The Bertz CT molecular complexity index is 390. The SMILES string of the molecule is CC(N)(c1ccccc1)c1ncc[nH]1. The molecule has 14 heavy (non-hydrogen) atoms. The fraction of sp³-hybridized carbons (Fsp3) is 0.182. The minimum atomic E-state index is -0.551. The highest BCUT2D eigenvalue weighted by Crippen LogP contribution is 2.22. The van der Waals surface area contributed by atoms with Crippen LogP contribution in [0.1, 0.15) is 18.3 Å². The number of aromatic amines is 1. The average molecular weight is 187 g/mol. The van der Waals surface area contributed by atoms with E-state index in [-0.39, 0.29) is 0 Å². The number of hydrogen-bond acceptors (Lipinski definition) is 2. The summed E-state index contributed by atoms with van der Waals surface area (Å²) >= 11 is 0. The van der Waals surface area contributed by atoms with Gasteiger partial charge in [0.05, 0.1) is 5.54 Å². The van der Waals surface area contributed by atoms with Crippen LogP contribution in [0.4, 0.5) is 0 Å². The quantitative estimate of drug-likeness (QED) is 0.750. The lowest BCUT2D eigenvalue weighted by Crippen LogP contribution is -2.35. The second-order valence-electron chi connectivity index (χ2n) is 3.51. The van der Waals surface area contributed by atoms with Crippen LogP contribution in [0.25, 0.3) is 0 Å². The summed E-state index contributed by atoms with van der Waals surface area (Å²) in [4.78, 5) is 7.22. The Morgan fingerprint density at radius 2 is 2.00 bits per heavy atom. The molecular formula is C11H13N3. The first-order chi connectivity index (χ1) is 6.71. The van der Waals surface area contributed by atoms with Crippen LogP contribution >= 0.6 is 0 Å².